The largest absolute Gasteiger partial charge is 0.399 e. The zero-order valence-corrected chi connectivity index (χ0v) is 9.95. The quantitative estimate of drug-likeness (QED) is 0.581. The maximum atomic E-state index is 11.2. The highest BCUT2D eigenvalue weighted by Crippen LogP contribution is 2.28. The van der Waals surface area contributed by atoms with Crippen molar-refractivity contribution in [3.63, 3.8) is 0 Å². The van der Waals surface area contributed by atoms with Crippen molar-refractivity contribution in [2.45, 2.75) is 0 Å². The Bertz CT molecular complexity index is 445. The summed E-state index contributed by atoms with van der Waals surface area (Å²) in [7, 11) is 0. The van der Waals surface area contributed by atoms with Crippen molar-refractivity contribution in [3.8, 4) is 0 Å². The van der Waals surface area contributed by atoms with Gasteiger partial charge in [0.2, 0.25) is 11.8 Å². The number of nitrogens with one attached hydrogen (secondary N) is 1. The Labute approximate surface area is 101 Å². The van der Waals surface area contributed by atoms with E-state index in [9.17, 15) is 9.59 Å². The molecule has 0 atom stereocenters. The first-order chi connectivity index (χ1) is 7.56. The smallest absolute Gasteiger partial charge is 0.246 e. The topological polar surface area (TPSA) is 75.4 Å². The predicted octanol–water partition coefficient (Wildman–Crippen LogP) is 0.494. The molecule has 1 aromatic carbocycles. The third kappa shape index (κ3) is 2.16. The van der Waals surface area contributed by atoms with Crippen molar-refractivity contribution in [1.82, 2.24) is 5.32 Å². The molecule has 0 saturated carbocycles. The number of carbonyl (C=O) groups excluding carboxylic acids is 2. The number of nitrogens with zero attached hydrogens (tertiary/aromatic N) is 1. The molecule has 1 fully saturated rings. The first-order valence-electron chi connectivity index (χ1n) is 4.69. The second kappa shape index (κ2) is 4.13. The molecular weight excluding hydrogens is 274 g/mol. The fourth-order valence-electron chi connectivity index (χ4n) is 1.59. The van der Waals surface area contributed by atoms with Crippen LogP contribution in [0, 0.1) is 0 Å². The fraction of sp³-hybridized carbons (Fsp3) is 0.200. The Morgan fingerprint density at radius 2 is 1.88 bits per heavy atom. The van der Waals surface area contributed by atoms with Crippen LogP contribution in [0.25, 0.3) is 0 Å². The van der Waals surface area contributed by atoms with Crippen molar-refractivity contribution in [2.24, 2.45) is 0 Å². The summed E-state index contributed by atoms with van der Waals surface area (Å²) in [6, 6.07) is 5.26. The number of halogens is 1. The monoisotopic (exact) mass is 283 g/mol. The molecule has 6 heteroatoms. The molecule has 1 saturated heterocycles. The predicted molar refractivity (Wildman–Crippen MR) is 63.9 cm³/mol. The van der Waals surface area contributed by atoms with Crippen molar-refractivity contribution in [3.05, 3.63) is 22.7 Å². The molecule has 3 N–H and O–H groups in total. The van der Waals surface area contributed by atoms with Gasteiger partial charge in [-0.15, -0.1) is 0 Å². The zero-order chi connectivity index (χ0) is 11.7. The number of nitrogen functional groups attached to an aromatic ring is 1. The van der Waals surface area contributed by atoms with Crippen molar-refractivity contribution >= 4 is 39.1 Å². The Morgan fingerprint density at radius 3 is 2.44 bits per heavy atom. The molecule has 0 aliphatic carbocycles. The summed E-state index contributed by atoms with van der Waals surface area (Å²) in [6.07, 6.45) is 0. The lowest BCUT2D eigenvalue weighted by Gasteiger charge is -2.28. The van der Waals surface area contributed by atoms with Crippen molar-refractivity contribution < 1.29 is 9.59 Å². The first-order valence-corrected chi connectivity index (χ1v) is 5.48. The Morgan fingerprint density at radius 1 is 1.25 bits per heavy atom. The minimum absolute atomic E-state index is 0.175. The van der Waals surface area contributed by atoms with Crippen molar-refractivity contribution in [1.29, 1.82) is 0 Å². The molecule has 0 radical (unpaired) electrons. The summed E-state index contributed by atoms with van der Waals surface area (Å²) < 4.78 is 0.773. The maximum absolute atomic E-state index is 11.2. The summed E-state index contributed by atoms with van der Waals surface area (Å²) in [5, 5.41) is 2.25. The van der Waals surface area contributed by atoms with Gasteiger partial charge < -0.3 is 10.6 Å². The van der Waals surface area contributed by atoms with Crippen LogP contribution < -0.4 is 16.0 Å². The molecule has 2 amide bonds. The van der Waals surface area contributed by atoms with Gasteiger partial charge in [-0.3, -0.25) is 14.9 Å². The molecule has 1 heterocycles. The first kappa shape index (κ1) is 10.9. The Kier molecular flexibility index (Phi) is 2.82. The highest BCUT2D eigenvalue weighted by molar-refractivity contribution is 9.10. The average Bonchev–Trinajstić information content (AvgIpc) is 2.15. The third-order valence-corrected chi connectivity index (χ3v) is 2.90. The summed E-state index contributed by atoms with van der Waals surface area (Å²) >= 11 is 3.36. The van der Waals surface area contributed by atoms with E-state index in [1.807, 2.05) is 0 Å². The summed E-state index contributed by atoms with van der Waals surface area (Å²) in [6.45, 7) is 0.350. The lowest BCUT2D eigenvalue weighted by Crippen LogP contribution is -2.51. The fourth-order valence-corrected chi connectivity index (χ4v) is 2.23. The van der Waals surface area contributed by atoms with E-state index < -0.39 is 0 Å². The van der Waals surface area contributed by atoms with Gasteiger partial charge in [-0.1, -0.05) is 0 Å². The number of amides is 2. The third-order valence-electron chi connectivity index (χ3n) is 2.26. The number of carbonyl (C=O) groups is 2. The SMILES string of the molecule is Nc1ccc(N2CC(=O)NC(=O)C2)c(Br)c1. The standard InChI is InChI=1S/C10H10BrN3O2/c11-7-3-6(12)1-2-8(7)14-4-9(15)13-10(16)5-14/h1-3H,4-5,12H2,(H,13,15,16). The molecule has 1 aliphatic rings. The number of benzene rings is 1. The molecule has 16 heavy (non-hydrogen) atoms. The van der Waals surface area contributed by atoms with E-state index in [0.29, 0.717) is 5.69 Å². The molecule has 2 rings (SSSR count). The molecule has 0 bridgehead atoms. The molecular formula is C10H10BrN3O2. The lowest BCUT2D eigenvalue weighted by atomic mass is 10.2. The van der Waals surface area contributed by atoms with Crippen LogP contribution in [0.3, 0.4) is 0 Å². The van der Waals surface area contributed by atoms with Gasteiger partial charge in [0.1, 0.15) is 0 Å². The van der Waals surface area contributed by atoms with Crippen LogP contribution in [-0.4, -0.2) is 24.9 Å². The molecule has 0 aromatic heterocycles. The van der Waals surface area contributed by atoms with E-state index in [-0.39, 0.29) is 24.9 Å². The Balaban J connectivity index is 2.29. The van der Waals surface area contributed by atoms with Gasteiger partial charge in [-0.05, 0) is 34.1 Å². The van der Waals surface area contributed by atoms with Crippen LogP contribution in [0.2, 0.25) is 0 Å². The number of hydrogen-bond acceptors (Lipinski definition) is 4. The second-order valence-electron chi connectivity index (χ2n) is 3.54. The van der Waals surface area contributed by atoms with Gasteiger partial charge in [-0.25, -0.2) is 0 Å². The average molecular weight is 284 g/mol. The zero-order valence-electron chi connectivity index (χ0n) is 8.37. The van der Waals surface area contributed by atoms with Crippen LogP contribution in [0.5, 0.6) is 0 Å². The van der Waals surface area contributed by atoms with Crippen LogP contribution in [-0.2, 0) is 9.59 Å². The van der Waals surface area contributed by atoms with Crippen LogP contribution in [0.1, 0.15) is 0 Å². The second-order valence-corrected chi connectivity index (χ2v) is 4.39. The van der Waals surface area contributed by atoms with Crippen LogP contribution >= 0.6 is 15.9 Å². The lowest BCUT2D eigenvalue weighted by molar-refractivity contribution is -0.130. The number of nitrogens with two attached hydrogens (primary N) is 1. The summed E-state index contributed by atoms with van der Waals surface area (Å²) in [5.41, 5.74) is 7.03. The van der Waals surface area contributed by atoms with Crippen LogP contribution in [0.15, 0.2) is 22.7 Å². The minimum atomic E-state index is -0.292. The van der Waals surface area contributed by atoms with E-state index in [0.717, 1.165) is 10.2 Å². The van der Waals surface area contributed by atoms with Gasteiger partial charge in [-0.2, -0.15) is 0 Å². The number of hydrogen-bond donors (Lipinski definition) is 2. The minimum Gasteiger partial charge on any atom is -0.399 e. The van der Waals surface area contributed by atoms with Gasteiger partial charge >= 0.3 is 0 Å². The molecule has 0 unspecified atom stereocenters. The number of rotatable bonds is 1. The van der Waals surface area contributed by atoms with Gasteiger partial charge in [0, 0.05) is 10.2 Å². The van der Waals surface area contributed by atoms with Gasteiger partial charge in [0.05, 0.1) is 18.8 Å². The highest BCUT2D eigenvalue weighted by Gasteiger charge is 2.23. The van der Waals surface area contributed by atoms with E-state index >= 15 is 0 Å². The molecule has 1 aliphatic heterocycles. The Hall–Kier alpha value is -1.56. The van der Waals surface area contributed by atoms with Crippen LogP contribution in [0.4, 0.5) is 11.4 Å². The number of anilines is 2. The molecule has 0 spiro atoms. The highest BCUT2D eigenvalue weighted by atomic mass is 79.9. The van der Waals surface area contributed by atoms with Crippen molar-refractivity contribution in [2.75, 3.05) is 23.7 Å². The van der Waals surface area contributed by atoms with E-state index in [2.05, 4.69) is 21.2 Å². The summed E-state index contributed by atoms with van der Waals surface area (Å²) in [4.78, 5) is 24.1. The maximum Gasteiger partial charge on any atom is 0.246 e. The van der Waals surface area contributed by atoms with E-state index in [1.54, 1.807) is 23.1 Å². The molecule has 1 aromatic rings. The number of piperazine rings is 1. The normalized spacial score (nSPS) is 16.2. The summed E-state index contributed by atoms with van der Waals surface area (Å²) in [5.74, 6) is -0.583. The molecule has 5 nitrogen and oxygen atoms in total. The molecule has 84 valence electrons. The van der Waals surface area contributed by atoms with Gasteiger partial charge in [0.25, 0.3) is 0 Å². The van der Waals surface area contributed by atoms with E-state index in [4.69, 9.17) is 5.73 Å². The number of imide groups is 1. The van der Waals surface area contributed by atoms with Gasteiger partial charge in [0.15, 0.2) is 0 Å². The van der Waals surface area contributed by atoms with E-state index in [1.165, 1.54) is 0 Å².